The standard InChI is InChI=1S/C40H25N3/c1-4-14-27-24(11-1)21-25-12-2-6-16-29(25)31-23-33-30-17-7-10-20-36(30)43-39(33)37(32(31)22-26-13-3-5-15-28(26)27)38-40(43)42-35-19-9-8-18-34(35)41-38/h1-20,23H,21-22H2. The number of benzene rings is 6. The Morgan fingerprint density at radius 3 is 1.77 bits per heavy atom. The maximum atomic E-state index is 5.34. The quantitative estimate of drug-likeness (QED) is 0.189. The fourth-order valence-corrected chi connectivity index (χ4v) is 7.59. The first-order valence-corrected chi connectivity index (χ1v) is 14.9. The van der Waals surface area contributed by atoms with Crippen molar-refractivity contribution < 1.29 is 0 Å². The lowest BCUT2D eigenvalue weighted by Gasteiger charge is -2.21. The first-order valence-electron chi connectivity index (χ1n) is 14.9. The molecule has 0 radical (unpaired) electrons. The predicted octanol–water partition coefficient (Wildman–Crippen LogP) is 9.61. The highest BCUT2D eigenvalue weighted by molar-refractivity contribution is 6.25. The van der Waals surface area contributed by atoms with Crippen molar-refractivity contribution in [1.29, 1.82) is 0 Å². The van der Waals surface area contributed by atoms with Gasteiger partial charge in [-0.05, 0) is 81.6 Å². The Labute approximate surface area is 248 Å². The Hall–Kier alpha value is -5.54. The molecule has 0 fully saturated rings. The van der Waals surface area contributed by atoms with E-state index < -0.39 is 0 Å². The summed E-state index contributed by atoms with van der Waals surface area (Å²) < 4.78 is 2.36. The largest absolute Gasteiger partial charge is 0.291 e. The van der Waals surface area contributed by atoms with Crippen molar-refractivity contribution in [1.82, 2.24) is 14.4 Å². The second kappa shape index (κ2) is 8.50. The Kier molecular flexibility index (Phi) is 4.56. The minimum Gasteiger partial charge on any atom is -0.291 e. The first kappa shape index (κ1) is 23.1. The average molecular weight is 548 g/mol. The van der Waals surface area contributed by atoms with Gasteiger partial charge in [0.15, 0.2) is 5.65 Å². The number of rotatable bonds is 0. The topological polar surface area (TPSA) is 30.2 Å². The van der Waals surface area contributed by atoms with Crippen LogP contribution >= 0.6 is 0 Å². The molecule has 6 aromatic carbocycles. The van der Waals surface area contributed by atoms with Crippen LogP contribution in [0.2, 0.25) is 0 Å². The highest BCUT2D eigenvalue weighted by atomic mass is 15.0. The zero-order valence-electron chi connectivity index (χ0n) is 23.4. The van der Waals surface area contributed by atoms with Gasteiger partial charge < -0.3 is 0 Å². The highest BCUT2D eigenvalue weighted by Crippen LogP contribution is 2.46. The molecule has 200 valence electrons. The van der Waals surface area contributed by atoms with E-state index in [9.17, 15) is 0 Å². The van der Waals surface area contributed by atoms with E-state index in [2.05, 4.69) is 126 Å². The number of fused-ring (bicyclic) bond motifs is 14. The monoisotopic (exact) mass is 547 g/mol. The van der Waals surface area contributed by atoms with E-state index >= 15 is 0 Å². The maximum absolute atomic E-state index is 5.34. The maximum Gasteiger partial charge on any atom is 0.165 e. The second-order valence-electron chi connectivity index (χ2n) is 11.7. The third kappa shape index (κ3) is 3.14. The van der Waals surface area contributed by atoms with E-state index in [1.807, 2.05) is 6.07 Å². The van der Waals surface area contributed by atoms with Crippen LogP contribution in [0.25, 0.3) is 71.6 Å². The molecule has 10 rings (SSSR count). The third-order valence-corrected chi connectivity index (χ3v) is 9.45. The van der Waals surface area contributed by atoms with Gasteiger partial charge >= 0.3 is 0 Å². The van der Waals surface area contributed by atoms with E-state index in [1.165, 1.54) is 71.7 Å². The normalized spacial score (nSPS) is 12.9. The lowest BCUT2D eigenvalue weighted by atomic mass is 9.82. The Balaban J connectivity index is 1.45. The zero-order chi connectivity index (χ0) is 28.1. The van der Waals surface area contributed by atoms with Crippen LogP contribution in [0.5, 0.6) is 0 Å². The summed E-state index contributed by atoms with van der Waals surface area (Å²) in [4.78, 5) is 10.6. The van der Waals surface area contributed by atoms with Crippen molar-refractivity contribution in [3.8, 4) is 22.3 Å². The van der Waals surface area contributed by atoms with Gasteiger partial charge in [0, 0.05) is 16.2 Å². The molecule has 0 unspecified atom stereocenters. The first-order chi connectivity index (χ1) is 21.3. The summed E-state index contributed by atoms with van der Waals surface area (Å²) in [5.41, 5.74) is 16.7. The van der Waals surface area contributed by atoms with Crippen LogP contribution in [-0.2, 0) is 12.8 Å². The molecule has 3 aromatic heterocycles. The number of para-hydroxylation sites is 3. The molecule has 0 amide bonds. The molecule has 0 atom stereocenters. The van der Waals surface area contributed by atoms with E-state index in [1.54, 1.807) is 0 Å². The Morgan fingerprint density at radius 1 is 0.488 bits per heavy atom. The predicted molar refractivity (Wildman–Crippen MR) is 177 cm³/mol. The summed E-state index contributed by atoms with van der Waals surface area (Å²) in [6, 6.07) is 46.3. The molecule has 1 aliphatic carbocycles. The van der Waals surface area contributed by atoms with Gasteiger partial charge in [0.1, 0.15) is 5.52 Å². The van der Waals surface area contributed by atoms with Gasteiger partial charge in [-0.3, -0.25) is 4.40 Å². The molecule has 9 aromatic rings. The van der Waals surface area contributed by atoms with Crippen LogP contribution < -0.4 is 0 Å². The van der Waals surface area contributed by atoms with E-state index in [0.717, 1.165) is 35.0 Å². The number of aromatic nitrogens is 3. The van der Waals surface area contributed by atoms with Crippen LogP contribution in [0.15, 0.2) is 127 Å². The van der Waals surface area contributed by atoms with Crippen LogP contribution in [0.1, 0.15) is 22.3 Å². The van der Waals surface area contributed by atoms with Crippen molar-refractivity contribution in [3.05, 3.63) is 150 Å². The molecule has 43 heavy (non-hydrogen) atoms. The van der Waals surface area contributed by atoms with E-state index in [4.69, 9.17) is 9.97 Å². The molecule has 0 spiro atoms. The van der Waals surface area contributed by atoms with E-state index in [-0.39, 0.29) is 0 Å². The van der Waals surface area contributed by atoms with Crippen molar-refractivity contribution >= 4 is 49.4 Å². The summed E-state index contributed by atoms with van der Waals surface area (Å²) in [6.07, 6.45) is 1.67. The third-order valence-electron chi connectivity index (χ3n) is 9.45. The van der Waals surface area contributed by atoms with Gasteiger partial charge in [0.2, 0.25) is 0 Å². The van der Waals surface area contributed by atoms with E-state index in [0.29, 0.717) is 0 Å². The molecule has 3 nitrogen and oxygen atoms in total. The van der Waals surface area contributed by atoms with Crippen LogP contribution in [-0.4, -0.2) is 14.4 Å². The molecule has 0 saturated carbocycles. The molecular formula is C40H25N3. The summed E-state index contributed by atoms with van der Waals surface area (Å²) in [6.45, 7) is 0. The zero-order valence-corrected chi connectivity index (χ0v) is 23.4. The van der Waals surface area contributed by atoms with Crippen LogP contribution in [0.3, 0.4) is 0 Å². The van der Waals surface area contributed by atoms with Crippen molar-refractivity contribution in [3.63, 3.8) is 0 Å². The van der Waals surface area contributed by atoms with Gasteiger partial charge in [-0.1, -0.05) is 103 Å². The van der Waals surface area contributed by atoms with Crippen molar-refractivity contribution in [2.45, 2.75) is 12.8 Å². The lowest BCUT2D eigenvalue weighted by Crippen LogP contribution is -2.03. The molecule has 0 saturated heterocycles. The smallest absolute Gasteiger partial charge is 0.165 e. The number of hydrogen-bond acceptors (Lipinski definition) is 2. The average Bonchev–Trinajstić information content (AvgIpc) is 3.56. The molecule has 0 N–H and O–H groups in total. The van der Waals surface area contributed by atoms with Crippen molar-refractivity contribution in [2.75, 3.05) is 0 Å². The van der Waals surface area contributed by atoms with Crippen LogP contribution in [0.4, 0.5) is 0 Å². The van der Waals surface area contributed by atoms with Gasteiger partial charge in [0.05, 0.1) is 22.1 Å². The summed E-state index contributed by atoms with van der Waals surface area (Å²) in [5, 5.41) is 3.73. The van der Waals surface area contributed by atoms with Gasteiger partial charge in [-0.15, -0.1) is 0 Å². The number of nitrogens with zero attached hydrogens (tertiary/aromatic N) is 3. The molecule has 3 heteroatoms. The summed E-state index contributed by atoms with van der Waals surface area (Å²) >= 11 is 0. The van der Waals surface area contributed by atoms with Gasteiger partial charge in [-0.2, -0.15) is 0 Å². The molecule has 1 aliphatic rings. The van der Waals surface area contributed by atoms with Gasteiger partial charge in [0.25, 0.3) is 0 Å². The number of hydrogen-bond donors (Lipinski definition) is 0. The minimum atomic E-state index is 0.801. The summed E-state index contributed by atoms with van der Waals surface area (Å²) in [7, 11) is 0. The fourth-order valence-electron chi connectivity index (χ4n) is 7.59. The Morgan fingerprint density at radius 2 is 1.05 bits per heavy atom. The molecular weight excluding hydrogens is 522 g/mol. The second-order valence-corrected chi connectivity index (χ2v) is 11.7. The Bertz CT molecular complexity index is 2570. The van der Waals surface area contributed by atoms with Gasteiger partial charge in [-0.25, -0.2) is 9.97 Å². The summed E-state index contributed by atoms with van der Waals surface area (Å²) in [5.74, 6) is 0. The minimum absolute atomic E-state index is 0.801. The molecule has 0 aliphatic heterocycles. The highest BCUT2D eigenvalue weighted by Gasteiger charge is 2.27. The molecule has 3 heterocycles. The van der Waals surface area contributed by atoms with Crippen LogP contribution in [0, 0.1) is 0 Å². The van der Waals surface area contributed by atoms with Crippen molar-refractivity contribution in [2.24, 2.45) is 0 Å². The SMILES string of the molecule is c1ccc2c(c1)Cc1ccccc1-c1cc3c4ccccc4n4c5nc6ccccc6nc5c(c1Cc1ccccc1-2)c34. The lowest BCUT2D eigenvalue weighted by molar-refractivity contribution is 1.16. The molecule has 0 bridgehead atoms. The fraction of sp³-hybridized carbons (Fsp3) is 0.0500.